The van der Waals surface area contributed by atoms with Gasteiger partial charge in [0.05, 0.1) is 17.6 Å². The third kappa shape index (κ3) is 3.85. The largest absolute Gasteiger partial charge is 0.398 e. The van der Waals surface area contributed by atoms with Crippen LogP contribution >= 0.6 is 11.8 Å². The van der Waals surface area contributed by atoms with Crippen LogP contribution in [0.1, 0.15) is 0 Å². The molecular formula is C10H16N2O4S2. The second kappa shape index (κ2) is 6.39. The van der Waals surface area contributed by atoms with Crippen molar-refractivity contribution in [2.24, 2.45) is 0 Å². The molecule has 1 atom stereocenters. The molecule has 0 bridgehead atoms. The molecule has 0 amide bonds. The van der Waals surface area contributed by atoms with Crippen molar-refractivity contribution in [2.75, 3.05) is 25.1 Å². The Kier molecular flexibility index (Phi) is 5.42. The van der Waals surface area contributed by atoms with Crippen molar-refractivity contribution >= 4 is 27.5 Å². The molecule has 0 aliphatic rings. The van der Waals surface area contributed by atoms with E-state index in [0.717, 1.165) is 0 Å². The Morgan fingerprint density at radius 3 is 2.72 bits per heavy atom. The molecule has 102 valence electrons. The lowest BCUT2D eigenvalue weighted by Gasteiger charge is -2.10. The zero-order valence-corrected chi connectivity index (χ0v) is 11.5. The van der Waals surface area contributed by atoms with Crippen molar-refractivity contribution in [3.8, 4) is 0 Å². The van der Waals surface area contributed by atoms with Gasteiger partial charge in [0.25, 0.3) is 0 Å². The summed E-state index contributed by atoms with van der Waals surface area (Å²) in [4.78, 5) is 0.666. The number of hydrogen-bond acceptors (Lipinski definition) is 6. The number of rotatable bonds is 6. The predicted octanol–water partition coefficient (Wildman–Crippen LogP) is -0.378. The van der Waals surface area contributed by atoms with E-state index < -0.39 is 16.1 Å². The Balaban J connectivity index is 2.95. The van der Waals surface area contributed by atoms with Crippen molar-refractivity contribution in [1.82, 2.24) is 4.72 Å². The number of aliphatic hydroxyl groups is 2. The molecule has 1 unspecified atom stereocenters. The van der Waals surface area contributed by atoms with Gasteiger partial charge < -0.3 is 15.9 Å². The Labute approximate surface area is 110 Å². The van der Waals surface area contributed by atoms with Crippen LogP contribution in [0.5, 0.6) is 0 Å². The Morgan fingerprint density at radius 1 is 1.50 bits per heavy atom. The topological polar surface area (TPSA) is 113 Å². The van der Waals surface area contributed by atoms with Crippen LogP contribution in [-0.2, 0) is 10.0 Å². The van der Waals surface area contributed by atoms with E-state index in [2.05, 4.69) is 4.72 Å². The summed E-state index contributed by atoms with van der Waals surface area (Å²) in [5.74, 6) is 0.240. The average molecular weight is 292 g/mol. The highest BCUT2D eigenvalue weighted by atomic mass is 32.2. The lowest BCUT2D eigenvalue weighted by molar-refractivity contribution is 0.113. The predicted molar refractivity (Wildman–Crippen MR) is 70.9 cm³/mol. The summed E-state index contributed by atoms with van der Waals surface area (Å²) in [6.45, 7) is -0.346. The SMILES string of the molecule is CNS(=O)(=O)c1ccc(N)c(SCC(O)CO)c1. The number of hydrogen-bond donors (Lipinski definition) is 4. The normalized spacial score (nSPS) is 13.5. The molecule has 0 aliphatic carbocycles. The van der Waals surface area contributed by atoms with Crippen LogP contribution in [-0.4, -0.2) is 44.1 Å². The highest BCUT2D eigenvalue weighted by Gasteiger charge is 2.14. The van der Waals surface area contributed by atoms with Gasteiger partial charge in [0.2, 0.25) is 10.0 Å². The third-order valence-corrected chi connectivity index (χ3v) is 4.83. The minimum Gasteiger partial charge on any atom is -0.398 e. The maximum atomic E-state index is 11.6. The van der Waals surface area contributed by atoms with E-state index in [0.29, 0.717) is 10.6 Å². The van der Waals surface area contributed by atoms with Gasteiger partial charge in [0, 0.05) is 16.3 Å². The van der Waals surface area contributed by atoms with Gasteiger partial charge in [0.15, 0.2) is 0 Å². The first-order valence-electron chi connectivity index (χ1n) is 5.15. The number of benzene rings is 1. The summed E-state index contributed by atoms with van der Waals surface area (Å²) >= 11 is 1.19. The molecule has 0 aliphatic heterocycles. The van der Waals surface area contributed by atoms with Gasteiger partial charge >= 0.3 is 0 Å². The number of sulfonamides is 1. The van der Waals surface area contributed by atoms with E-state index in [1.54, 1.807) is 0 Å². The maximum absolute atomic E-state index is 11.6. The van der Waals surface area contributed by atoms with Gasteiger partial charge in [-0.1, -0.05) is 0 Å². The van der Waals surface area contributed by atoms with Crippen LogP contribution in [0.15, 0.2) is 28.0 Å². The fourth-order valence-electron chi connectivity index (χ4n) is 1.16. The van der Waals surface area contributed by atoms with Crippen LogP contribution < -0.4 is 10.5 Å². The molecule has 0 heterocycles. The zero-order chi connectivity index (χ0) is 13.8. The zero-order valence-electron chi connectivity index (χ0n) is 9.83. The first kappa shape index (κ1) is 15.3. The maximum Gasteiger partial charge on any atom is 0.240 e. The molecule has 18 heavy (non-hydrogen) atoms. The van der Waals surface area contributed by atoms with Crippen molar-refractivity contribution in [2.45, 2.75) is 15.9 Å². The summed E-state index contributed by atoms with van der Waals surface area (Å²) in [5, 5.41) is 17.9. The van der Waals surface area contributed by atoms with Gasteiger partial charge in [-0.25, -0.2) is 13.1 Å². The summed E-state index contributed by atoms with van der Waals surface area (Å²) in [6, 6.07) is 4.35. The third-order valence-electron chi connectivity index (χ3n) is 2.21. The number of nitrogens with two attached hydrogens (primary N) is 1. The van der Waals surface area contributed by atoms with E-state index in [1.165, 1.54) is 37.0 Å². The lowest BCUT2D eigenvalue weighted by atomic mass is 10.3. The van der Waals surface area contributed by atoms with Crippen LogP contribution in [0.2, 0.25) is 0 Å². The summed E-state index contributed by atoms with van der Waals surface area (Å²) in [7, 11) is -2.18. The first-order valence-corrected chi connectivity index (χ1v) is 7.62. The highest BCUT2D eigenvalue weighted by Crippen LogP contribution is 2.28. The quantitative estimate of drug-likeness (QED) is 0.420. The monoisotopic (exact) mass is 292 g/mol. The molecule has 8 heteroatoms. The van der Waals surface area contributed by atoms with Crippen LogP contribution in [0.25, 0.3) is 0 Å². The second-order valence-corrected chi connectivity index (χ2v) is 6.50. The van der Waals surface area contributed by atoms with Crippen molar-refractivity contribution in [3.05, 3.63) is 18.2 Å². The molecule has 0 saturated heterocycles. The van der Waals surface area contributed by atoms with Crippen LogP contribution in [0.4, 0.5) is 5.69 Å². The van der Waals surface area contributed by atoms with Gasteiger partial charge in [-0.15, -0.1) is 11.8 Å². The van der Waals surface area contributed by atoms with Gasteiger partial charge in [0.1, 0.15) is 0 Å². The fraction of sp³-hybridized carbons (Fsp3) is 0.400. The van der Waals surface area contributed by atoms with E-state index in [9.17, 15) is 13.5 Å². The molecule has 1 aromatic carbocycles. The van der Waals surface area contributed by atoms with Gasteiger partial charge in [-0.05, 0) is 25.2 Å². The summed E-state index contributed by atoms with van der Waals surface area (Å²) in [5.41, 5.74) is 6.15. The Bertz CT molecular complexity index is 505. The van der Waals surface area contributed by atoms with E-state index in [-0.39, 0.29) is 17.3 Å². The van der Waals surface area contributed by atoms with E-state index in [4.69, 9.17) is 10.8 Å². The average Bonchev–Trinajstić information content (AvgIpc) is 2.37. The lowest BCUT2D eigenvalue weighted by Crippen LogP contribution is -2.18. The Hall–Kier alpha value is -0.800. The molecule has 0 saturated carbocycles. The minimum atomic E-state index is -3.51. The second-order valence-electron chi connectivity index (χ2n) is 3.55. The fourth-order valence-corrected chi connectivity index (χ4v) is 2.92. The van der Waals surface area contributed by atoms with Crippen molar-refractivity contribution in [3.63, 3.8) is 0 Å². The van der Waals surface area contributed by atoms with E-state index in [1.807, 2.05) is 0 Å². The molecule has 0 radical (unpaired) electrons. The number of nitrogens with one attached hydrogen (secondary N) is 1. The molecule has 0 spiro atoms. The van der Waals surface area contributed by atoms with Crippen LogP contribution in [0, 0.1) is 0 Å². The molecule has 5 N–H and O–H groups in total. The summed E-state index contributed by atoms with van der Waals surface area (Å²) in [6.07, 6.45) is -0.862. The molecular weight excluding hydrogens is 276 g/mol. The summed E-state index contributed by atoms with van der Waals surface area (Å²) < 4.78 is 25.4. The number of nitrogen functional groups attached to an aromatic ring is 1. The number of aliphatic hydroxyl groups excluding tert-OH is 2. The highest BCUT2D eigenvalue weighted by molar-refractivity contribution is 7.99. The minimum absolute atomic E-state index is 0.111. The molecule has 0 aromatic heterocycles. The van der Waals surface area contributed by atoms with Crippen molar-refractivity contribution < 1.29 is 18.6 Å². The smallest absolute Gasteiger partial charge is 0.240 e. The standard InChI is InChI=1S/C10H16N2O4S2/c1-12-18(15,16)8-2-3-9(11)10(4-8)17-6-7(14)5-13/h2-4,7,12-14H,5-6,11H2,1H3. The van der Waals surface area contributed by atoms with Gasteiger partial charge in [-0.3, -0.25) is 0 Å². The molecule has 0 fully saturated rings. The van der Waals surface area contributed by atoms with Gasteiger partial charge in [-0.2, -0.15) is 0 Å². The van der Waals surface area contributed by atoms with Crippen LogP contribution in [0.3, 0.4) is 0 Å². The van der Waals surface area contributed by atoms with E-state index >= 15 is 0 Å². The molecule has 1 aromatic rings. The Morgan fingerprint density at radius 2 is 2.17 bits per heavy atom. The first-order chi connectivity index (χ1) is 8.40. The number of thioether (sulfide) groups is 1. The number of anilines is 1. The van der Waals surface area contributed by atoms with Crippen molar-refractivity contribution in [1.29, 1.82) is 0 Å². The molecule has 1 rings (SSSR count). The molecule has 6 nitrogen and oxygen atoms in total.